The Morgan fingerprint density at radius 1 is 1.17 bits per heavy atom. The predicted molar refractivity (Wildman–Crippen MR) is 92.1 cm³/mol. The van der Waals surface area contributed by atoms with Gasteiger partial charge in [-0.2, -0.15) is 4.91 Å². The second kappa shape index (κ2) is 8.88. The summed E-state index contributed by atoms with van der Waals surface area (Å²) < 4.78 is 12.9. The van der Waals surface area contributed by atoms with Crippen LogP contribution in [0.1, 0.15) is 18.1 Å². The maximum absolute atomic E-state index is 12.9. The van der Waals surface area contributed by atoms with E-state index in [2.05, 4.69) is 15.8 Å². The van der Waals surface area contributed by atoms with E-state index in [0.29, 0.717) is 12.2 Å². The highest BCUT2D eigenvalue weighted by atomic mass is 19.1. The van der Waals surface area contributed by atoms with E-state index in [1.807, 2.05) is 25.1 Å². The first kappa shape index (κ1) is 17.7. The number of benzene rings is 2. The fourth-order valence-corrected chi connectivity index (χ4v) is 2.38. The molecular weight excluding hydrogens is 309 g/mol. The fourth-order valence-electron chi connectivity index (χ4n) is 2.38. The van der Waals surface area contributed by atoms with Crippen molar-refractivity contribution in [3.05, 3.63) is 70.4 Å². The summed E-state index contributed by atoms with van der Waals surface area (Å²) in [5.74, 6) is -0.675. The molecule has 0 bridgehead atoms. The van der Waals surface area contributed by atoms with Gasteiger partial charge in [0.1, 0.15) is 5.82 Å². The highest BCUT2D eigenvalue weighted by molar-refractivity contribution is 5.93. The maximum atomic E-state index is 12.9. The second-order valence-corrected chi connectivity index (χ2v) is 5.61. The van der Waals surface area contributed by atoms with Crippen LogP contribution < -0.4 is 10.6 Å². The van der Waals surface area contributed by atoms with Gasteiger partial charge in [-0.15, -0.1) is 0 Å². The first-order valence-corrected chi connectivity index (χ1v) is 7.73. The van der Waals surface area contributed by atoms with E-state index in [4.69, 9.17) is 0 Å². The largest absolute Gasteiger partial charge is 0.324 e. The van der Waals surface area contributed by atoms with Crippen LogP contribution in [0.4, 0.5) is 10.1 Å². The molecule has 0 aliphatic rings. The molecule has 1 unspecified atom stereocenters. The second-order valence-electron chi connectivity index (χ2n) is 5.61. The number of halogens is 1. The number of nitrogens with one attached hydrogen (secondary N) is 2. The Kier molecular flexibility index (Phi) is 6.57. The van der Waals surface area contributed by atoms with Gasteiger partial charge in [0.15, 0.2) is 6.54 Å². The minimum atomic E-state index is -0.434. The molecule has 0 aliphatic heterocycles. The molecule has 2 aromatic carbocycles. The zero-order valence-corrected chi connectivity index (χ0v) is 13.5. The molecule has 6 heteroatoms. The summed E-state index contributed by atoms with van der Waals surface area (Å²) in [5, 5.41) is 8.64. The van der Waals surface area contributed by atoms with Gasteiger partial charge in [0.2, 0.25) is 5.91 Å². The molecule has 0 saturated carbocycles. The molecule has 5 nitrogen and oxygen atoms in total. The van der Waals surface area contributed by atoms with Gasteiger partial charge in [-0.1, -0.05) is 35.5 Å². The summed E-state index contributed by atoms with van der Waals surface area (Å²) in [6.07, 6.45) is 0.768. The lowest BCUT2D eigenvalue weighted by molar-refractivity contribution is -0.114. The lowest BCUT2D eigenvalue weighted by Gasteiger charge is -2.16. The van der Waals surface area contributed by atoms with Crippen molar-refractivity contribution in [3.8, 4) is 0 Å². The van der Waals surface area contributed by atoms with Crippen molar-refractivity contribution in [2.45, 2.75) is 25.9 Å². The molecule has 0 radical (unpaired) electrons. The van der Waals surface area contributed by atoms with Crippen molar-refractivity contribution in [2.75, 3.05) is 11.9 Å². The zero-order valence-electron chi connectivity index (χ0n) is 13.5. The molecule has 2 aromatic rings. The summed E-state index contributed by atoms with van der Waals surface area (Å²) >= 11 is 0. The van der Waals surface area contributed by atoms with Crippen LogP contribution in [0.2, 0.25) is 0 Å². The molecule has 0 aromatic heterocycles. The molecule has 0 fully saturated rings. The Balaban J connectivity index is 1.92. The lowest BCUT2D eigenvalue weighted by atomic mass is 10.1. The van der Waals surface area contributed by atoms with Gasteiger partial charge >= 0.3 is 0 Å². The van der Waals surface area contributed by atoms with Gasteiger partial charge in [0.05, 0.1) is 0 Å². The van der Waals surface area contributed by atoms with Crippen LogP contribution in [-0.2, 0) is 17.8 Å². The molecule has 1 amide bonds. The molecule has 24 heavy (non-hydrogen) atoms. The average Bonchev–Trinajstić information content (AvgIpc) is 2.56. The number of anilines is 1. The van der Waals surface area contributed by atoms with E-state index in [1.165, 1.54) is 12.1 Å². The van der Waals surface area contributed by atoms with Gasteiger partial charge in [-0.25, -0.2) is 4.39 Å². The van der Waals surface area contributed by atoms with Crippen LogP contribution in [0.25, 0.3) is 0 Å². The van der Waals surface area contributed by atoms with Crippen molar-refractivity contribution in [3.63, 3.8) is 0 Å². The summed E-state index contributed by atoms with van der Waals surface area (Å²) in [7, 11) is 0. The van der Waals surface area contributed by atoms with E-state index >= 15 is 0 Å². The Bertz CT molecular complexity index is 689. The quantitative estimate of drug-likeness (QED) is 0.730. The molecule has 2 rings (SSSR count). The summed E-state index contributed by atoms with van der Waals surface area (Å²) in [6, 6.07) is 14.0. The lowest BCUT2D eigenvalue weighted by Crippen LogP contribution is -2.28. The molecule has 1 atom stereocenters. The monoisotopic (exact) mass is 329 g/mol. The minimum Gasteiger partial charge on any atom is -0.324 e. The zero-order chi connectivity index (χ0) is 17.4. The number of nitroso groups, excluding NO2 is 1. The standard InChI is InChI=1S/C18H20FN3O2/c1-13(10-14-6-8-16(19)9-7-14)20-11-15-4-2-3-5-17(15)22-18(23)12-21-24/h2-9,13,20H,10-12H2,1H3,(H,22,23). The summed E-state index contributed by atoms with van der Waals surface area (Å²) in [4.78, 5) is 21.7. The highest BCUT2D eigenvalue weighted by Crippen LogP contribution is 2.15. The van der Waals surface area contributed by atoms with Gasteiger partial charge in [-0.05, 0) is 42.7 Å². The van der Waals surface area contributed by atoms with Gasteiger partial charge in [0.25, 0.3) is 0 Å². The van der Waals surface area contributed by atoms with E-state index in [0.717, 1.165) is 17.5 Å². The molecule has 0 aliphatic carbocycles. The SMILES string of the molecule is CC(Cc1ccc(F)cc1)NCc1ccccc1NC(=O)CN=O. The summed E-state index contributed by atoms with van der Waals surface area (Å²) in [6.45, 7) is 2.21. The molecule has 2 N–H and O–H groups in total. The molecule has 0 heterocycles. The number of rotatable bonds is 8. The van der Waals surface area contributed by atoms with Crippen LogP contribution in [0.5, 0.6) is 0 Å². The molecule has 0 spiro atoms. The van der Waals surface area contributed by atoms with Crippen molar-refractivity contribution < 1.29 is 9.18 Å². The summed E-state index contributed by atoms with van der Waals surface area (Å²) in [5.41, 5.74) is 2.63. The highest BCUT2D eigenvalue weighted by Gasteiger charge is 2.08. The number of nitrogens with zero attached hydrogens (tertiary/aromatic N) is 1. The van der Waals surface area contributed by atoms with Crippen LogP contribution in [0.15, 0.2) is 53.7 Å². The molecule has 0 saturated heterocycles. The van der Waals surface area contributed by atoms with E-state index < -0.39 is 12.5 Å². The normalized spacial score (nSPS) is 11.8. The fraction of sp³-hybridized carbons (Fsp3) is 0.278. The van der Waals surface area contributed by atoms with E-state index in [-0.39, 0.29) is 11.9 Å². The number of hydrogen-bond acceptors (Lipinski definition) is 4. The van der Waals surface area contributed by atoms with Crippen molar-refractivity contribution in [2.24, 2.45) is 5.18 Å². The minimum absolute atomic E-state index is 0.177. The Morgan fingerprint density at radius 2 is 1.88 bits per heavy atom. The van der Waals surface area contributed by atoms with Crippen molar-refractivity contribution in [1.29, 1.82) is 0 Å². The number of hydrogen-bond donors (Lipinski definition) is 2. The first-order valence-electron chi connectivity index (χ1n) is 7.73. The number of amides is 1. The van der Waals surface area contributed by atoms with Gasteiger partial charge < -0.3 is 10.6 Å². The number of carbonyl (C=O) groups is 1. The molecule has 126 valence electrons. The van der Waals surface area contributed by atoms with E-state index in [9.17, 15) is 14.1 Å². The smallest absolute Gasteiger partial charge is 0.249 e. The third-order valence-electron chi connectivity index (χ3n) is 3.60. The van der Waals surface area contributed by atoms with Crippen molar-refractivity contribution >= 4 is 11.6 Å². The third-order valence-corrected chi connectivity index (χ3v) is 3.60. The van der Waals surface area contributed by atoms with Crippen LogP contribution in [0.3, 0.4) is 0 Å². The molecular formula is C18H20FN3O2. The van der Waals surface area contributed by atoms with Crippen molar-refractivity contribution in [1.82, 2.24) is 5.32 Å². The average molecular weight is 329 g/mol. The predicted octanol–water partition coefficient (Wildman–Crippen LogP) is 3.25. The maximum Gasteiger partial charge on any atom is 0.249 e. The van der Waals surface area contributed by atoms with Gasteiger partial charge in [-0.3, -0.25) is 4.79 Å². The Hall–Kier alpha value is -2.60. The van der Waals surface area contributed by atoms with E-state index in [1.54, 1.807) is 18.2 Å². The Labute approximate surface area is 140 Å². The van der Waals surface area contributed by atoms with Crippen LogP contribution in [-0.4, -0.2) is 18.5 Å². The van der Waals surface area contributed by atoms with Crippen LogP contribution in [0, 0.1) is 10.7 Å². The third kappa shape index (κ3) is 5.55. The van der Waals surface area contributed by atoms with Crippen LogP contribution >= 0.6 is 0 Å². The van der Waals surface area contributed by atoms with Gasteiger partial charge in [0, 0.05) is 18.3 Å². The topological polar surface area (TPSA) is 70.6 Å². The Morgan fingerprint density at radius 3 is 2.58 bits per heavy atom. The first-order chi connectivity index (χ1) is 11.6. The number of para-hydroxylation sites is 1. The number of carbonyl (C=O) groups excluding carboxylic acids is 1.